The summed E-state index contributed by atoms with van der Waals surface area (Å²) in [6.45, 7) is 9.56. The number of nitrogens with zero attached hydrogens (tertiary/aromatic N) is 5. The number of carbonyl (C=O) groups is 2. The largest absolute Gasteiger partial charge is 0.341 e. The number of aromatic nitrogens is 2. The Bertz CT molecular complexity index is 800. The molecule has 28 heavy (non-hydrogen) atoms. The summed E-state index contributed by atoms with van der Waals surface area (Å²) in [7, 11) is 0. The van der Waals surface area contributed by atoms with Crippen LogP contribution >= 0.6 is 11.3 Å². The number of likely N-dealkylation sites (tertiary alicyclic amines) is 1. The van der Waals surface area contributed by atoms with Gasteiger partial charge in [-0.15, -0.1) is 11.3 Å². The Balaban J connectivity index is 1.24. The van der Waals surface area contributed by atoms with Gasteiger partial charge in [-0.3, -0.25) is 18.9 Å². The average molecular weight is 404 g/mol. The lowest BCUT2D eigenvalue weighted by Gasteiger charge is -2.38. The Hall–Kier alpha value is -1.93. The van der Waals surface area contributed by atoms with Crippen LogP contribution in [0.3, 0.4) is 0 Å². The van der Waals surface area contributed by atoms with Crippen molar-refractivity contribution in [3.8, 4) is 0 Å². The average Bonchev–Trinajstić information content (AvgIpc) is 3.23. The zero-order chi connectivity index (χ0) is 19.7. The molecule has 0 saturated carbocycles. The maximum atomic E-state index is 12.7. The maximum absolute atomic E-state index is 12.7. The van der Waals surface area contributed by atoms with Gasteiger partial charge in [0.1, 0.15) is 0 Å². The second-order valence-corrected chi connectivity index (χ2v) is 9.28. The van der Waals surface area contributed by atoms with Crippen molar-refractivity contribution in [3.05, 3.63) is 23.5 Å². The first-order valence-corrected chi connectivity index (χ1v) is 11.0. The van der Waals surface area contributed by atoms with Crippen molar-refractivity contribution < 1.29 is 9.59 Å². The summed E-state index contributed by atoms with van der Waals surface area (Å²) in [6, 6.07) is 0. The number of carbonyl (C=O) groups excluding carboxylic acids is 2. The molecule has 8 heteroatoms. The Kier molecular flexibility index (Phi) is 5.68. The fourth-order valence-electron chi connectivity index (χ4n) is 4.44. The van der Waals surface area contributed by atoms with E-state index in [0.717, 1.165) is 36.8 Å². The second-order valence-electron chi connectivity index (χ2n) is 8.40. The van der Waals surface area contributed by atoms with Gasteiger partial charge in [0.25, 0.3) is 0 Å². The highest BCUT2D eigenvalue weighted by atomic mass is 32.1. The summed E-state index contributed by atoms with van der Waals surface area (Å²) in [5.41, 5.74) is 0.822. The van der Waals surface area contributed by atoms with Crippen LogP contribution in [0.5, 0.6) is 0 Å². The van der Waals surface area contributed by atoms with Crippen molar-refractivity contribution in [2.24, 2.45) is 11.8 Å². The third-order valence-corrected chi connectivity index (χ3v) is 6.55. The normalized spacial score (nSPS) is 24.1. The van der Waals surface area contributed by atoms with Crippen molar-refractivity contribution in [3.63, 3.8) is 0 Å². The fraction of sp³-hybridized carbons (Fsp3) is 0.650. The van der Waals surface area contributed by atoms with Gasteiger partial charge >= 0.3 is 0 Å². The van der Waals surface area contributed by atoms with Gasteiger partial charge in [-0.1, -0.05) is 13.8 Å². The highest BCUT2D eigenvalue weighted by Crippen LogP contribution is 2.21. The zero-order valence-corrected chi connectivity index (χ0v) is 17.5. The number of piperidine rings is 1. The number of imidazole rings is 1. The lowest BCUT2D eigenvalue weighted by Crippen LogP contribution is -2.53. The molecule has 0 radical (unpaired) electrons. The molecule has 4 rings (SSSR count). The van der Waals surface area contributed by atoms with Crippen LogP contribution in [0.1, 0.15) is 26.0 Å². The molecule has 2 aromatic heterocycles. The molecule has 2 atom stereocenters. The first-order valence-electron chi connectivity index (χ1n) is 10.2. The van der Waals surface area contributed by atoms with E-state index < -0.39 is 0 Å². The lowest BCUT2D eigenvalue weighted by atomic mass is 9.92. The molecular formula is C20H29N5O2S. The van der Waals surface area contributed by atoms with E-state index in [9.17, 15) is 9.59 Å². The molecule has 7 nitrogen and oxygen atoms in total. The van der Waals surface area contributed by atoms with Crippen LogP contribution < -0.4 is 0 Å². The van der Waals surface area contributed by atoms with Gasteiger partial charge in [0, 0.05) is 57.0 Å². The van der Waals surface area contributed by atoms with Crippen molar-refractivity contribution in [2.75, 3.05) is 45.8 Å². The van der Waals surface area contributed by atoms with Crippen molar-refractivity contribution in [1.82, 2.24) is 24.1 Å². The van der Waals surface area contributed by atoms with Crippen molar-refractivity contribution in [1.29, 1.82) is 0 Å². The van der Waals surface area contributed by atoms with Gasteiger partial charge in [0.05, 0.1) is 18.7 Å². The van der Waals surface area contributed by atoms with Gasteiger partial charge < -0.3 is 9.80 Å². The first kappa shape index (κ1) is 19.4. The van der Waals surface area contributed by atoms with Gasteiger partial charge in [-0.05, 0) is 18.3 Å². The number of hydrogen-bond donors (Lipinski definition) is 0. The van der Waals surface area contributed by atoms with Crippen molar-refractivity contribution in [2.45, 2.75) is 26.7 Å². The van der Waals surface area contributed by atoms with Crippen LogP contribution in [0.25, 0.3) is 4.96 Å². The van der Waals surface area contributed by atoms with Gasteiger partial charge in [0.15, 0.2) is 4.96 Å². The lowest BCUT2D eigenvalue weighted by molar-refractivity contribution is -0.136. The van der Waals surface area contributed by atoms with Crippen LogP contribution in [-0.2, 0) is 16.0 Å². The van der Waals surface area contributed by atoms with E-state index in [0.29, 0.717) is 37.9 Å². The molecule has 2 aliphatic rings. The molecule has 0 aliphatic carbocycles. The molecule has 2 aliphatic heterocycles. The molecule has 0 unspecified atom stereocenters. The minimum Gasteiger partial charge on any atom is -0.341 e. The molecule has 2 amide bonds. The second kappa shape index (κ2) is 8.21. The minimum atomic E-state index is 0.121. The highest BCUT2D eigenvalue weighted by molar-refractivity contribution is 7.15. The van der Waals surface area contributed by atoms with Crippen LogP contribution in [0.2, 0.25) is 0 Å². The summed E-state index contributed by atoms with van der Waals surface area (Å²) in [6.07, 6.45) is 5.44. The topological polar surface area (TPSA) is 61.2 Å². The predicted molar refractivity (Wildman–Crippen MR) is 109 cm³/mol. The minimum absolute atomic E-state index is 0.121. The van der Waals surface area contributed by atoms with E-state index in [4.69, 9.17) is 0 Å². The van der Waals surface area contributed by atoms with Crippen LogP contribution in [0.15, 0.2) is 17.8 Å². The summed E-state index contributed by atoms with van der Waals surface area (Å²) < 4.78 is 1.96. The molecule has 0 spiro atoms. The van der Waals surface area contributed by atoms with E-state index >= 15 is 0 Å². The molecule has 2 fully saturated rings. The quantitative estimate of drug-likeness (QED) is 0.778. The smallest absolute Gasteiger partial charge is 0.236 e. The van der Waals surface area contributed by atoms with Crippen molar-refractivity contribution >= 4 is 28.1 Å². The maximum Gasteiger partial charge on any atom is 0.236 e. The molecule has 2 saturated heterocycles. The summed E-state index contributed by atoms with van der Waals surface area (Å²) in [5, 5.41) is 1.99. The number of thiazole rings is 1. The molecule has 4 heterocycles. The number of hydrogen-bond acceptors (Lipinski definition) is 5. The zero-order valence-electron chi connectivity index (χ0n) is 16.7. The Morgan fingerprint density at radius 1 is 1.07 bits per heavy atom. The summed E-state index contributed by atoms with van der Waals surface area (Å²) >= 11 is 1.57. The molecule has 2 aromatic rings. The third-order valence-electron chi connectivity index (χ3n) is 5.78. The Morgan fingerprint density at radius 2 is 1.79 bits per heavy atom. The Labute approximate surface area is 169 Å². The Morgan fingerprint density at radius 3 is 2.46 bits per heavy atom. The van der Waals surface area contributed by atoms with Crippen LogP contribution in [-0.4, -0.2) is 81.7 Å². The SMILES string of the molecule is C[C@@H]1C[C@@H](C)CN(C(=O)CN2CCN(C(=O)Cc3cn4ccsc4n3)CC2)C1. The monoisotopic (exact) mass is 403 g/mol. The first-order chi connectivity index (χ1) is 13.5. The standard InChI is InChI=1S/C20H29N5O2S/c1-15-9-16(2)12-25(11-15)19(27)14-22-3-5-23(6-4-22)18(26)10-17-13-24-7-8-28-20(24)21-17/h7-8,13,15-16H,3-6,9-12,14H2,1-2H3/t15-,16-/m1/s1. The predicted octanol–water partition coefficient (Wildman–Crippen LogP) is 1.59. The number of rotatable bonds is 4. The van der Waals surface area contributed by atoms with E-state index in [2.05, 4.69) is 23.7 Å². The summed E-state index contributed by atoms with van der Waals surface area (Å²) in [5.74, 6) is 1.52. The van der Waals surface area contributed by atoms with Crippen LogP contribution in [0.4, 0.5) is 0 Å². The highest BCUT2D eigenvalue weighted by Gasteiger charge is 2.28. The van der Waals surface area contributed by atoms with Gasteiger partial charge in [0.2, 0.25) is 11.8 Å². The number of piperazine rings is 1. The van der Waals surface area contributed by atoms with Gasteiger partial charge in [-0.25, -0.2) is 4.98 Å². The van der Waals surface area contributed by atoms with E-state index in [1.807, 2.05) is 32.0 Å². The number of fused-ring (bicyclic) bond motifs is 1. The molecule has 0 bridgehead atoms. The molecule has 0 N–H and O–H groups in total. The van der Waals surface area contributed by atoms with E-state index in [1.54, 1.807) is 11.3 Å². The van der Waals surface area contributed by atoms with E-state index in [-0.39, 0.29) is 11.8 Å². The van der Waals surface area contributed by atoms with Crippen LogP contribution in [0, 0.1) is 11.8 Å². The molecule has 0 aromatic carbocycles. The third kappa shape index (κ3) is 4.38. The van der Waals surface area contributed by atoms with E-state index in [1.165, 1.54) is 6.42 Å². The van der Waals surface area contributed by atoms with Gasteiger partial charge in [-0.2, -0.15) is 0 Å². The fourth-order valence-corrected chi connectivity index (χ4v) is 5.16. The molecular weight excluding hydrogens is 374 g/mol. The summed E-state index contributed by atoms with van der Waals surface area (Å²) in [4.78, 5) is 36.8. The number of amides is 2. The molecule has 152 valence electrons.